The Morgan fingerprint density at radius 3 is 2.00 bits per heavy atom. The number of halogens is 6. The number of sulfone groups is 2. The first-order valence-electron chi connectivity index (χ1n) is 12.6. The second-order valence-electron chi connectivity index (χ2n) is 10.6. The van der Waals surface area contributed by atoms with Crippen LogP contribution in [-0.4, -0.2) is 57.1 Å². The fourth-order valence-electron chi connectivity index (χ4n) is 4.95. The number of carbonyl (C=O) groups is 1. The van der Waals surface area contributed by atoms with Crippen molar-refractivity contribution in [2.75, 3.05) is 13.1 Å². The molecule has 0 radical (unpaired) electrons. The van der Waals surface area contributed by atoms with Crippen LogP contribution in [0.2, 0.25) is 0 Å². The fraction of sp³-hybridized carbons (Fsp3) is 0.500. The molecule has 0 bridgehead atoms. The fourth-order valence-corrected chi connectivity index (χ4v) is 8.44. The van der Waals surface area contributed by atoms with E-state index in [1.807, 2.05) is 0 Å². The van der Waals surface area contributed by atoms with Gasteiger partial charge in [0.1, 0.15) is 5.75 Å². The van der Waals surface area contributed by atoms with Gasteiger partial charge in [0.15, 0.2) is 19.7 Å². The first-order chi connectivity index (χ1) is 18.7. The lowest BCUT2D eigenvalue weighted by molar-refractivity contribution is -0.274. The largest absolute Gasteiger partial charge is 0.573 e. The second kappa shape index (κ2) is 10.5. The van der Waals surface area contributed by atoms with E-state index in [0.717, 1.165) is 30.3 Å². The Bertz CT molecular complexity index is 1540. The monoisotopic (exact) mass is 627 g/mol. The minimum absolute atomic E-state index is 0.0569. The van der Waals surface area contributed by atoms with Crippen LogP contribution in [0.25, 0.3) is 0 Å². The SMILES string of the molecule is CC(C)(C1CCN(C(=O)c2ccc(S(=O)(=O)C3CC3)cc2OC(F)(F)F)CC1)S(=O)(=O)c1cccc(C(F)(F)F)c1. The first kappa shape index (κ1) is 31.1. The summed E-state index contributed by atoms with van der Waals surface area (Å²) in [5.41, 5.74) is -1.62. The minimum atomic E-state index is -5.20. The Labute approximate surface area is 233 Å². The van der Waals surface area contributed by atoms with Crippen molar-refractivity contribution in [2.45, 2.75) is 71.9 Å². The summed E-state index contributed by atoms with van der Waals surface area (Å²) in [6.45, 7) is 2.66. The molecule has 7 nitrogen and oxygen atoms in total. The van der Waals surface area contributed by atoms with Crippen molar-refractivity contribution in [3.05, 3.63) is 53.6 Å². The minimum Gasteiger partial charge on any atom is -0.405 e. The number of alkyl halides is 6. The first-order valence-corrected chi connectivity index (χ1v) is 15.6. The highest BCUT2D eigenvalue weighted by atomic mass is 32.2. The maximum Gasteiger partial charge on any atom is 0.573 e. The van der Waals surface area contributed by atoms with Crippen LogP contribution in [0.15, 0.2) is 52.3 Å². The molecule has 0 atom stereocenters. The molecule has 1 amide bonds. The summed E-state index contributed by atoms with van der Waals surface area (Å²) >= 11 is 0. The predicted octanol–water partition coefficient (Wildman–Crippen LogP) is 5.64. The van der Waals surface area contributed by atoms with Crippen molar-refractivity contribution in [3.8, 4) is 5.75 Å². The molecule has 1 saturated carbocycles. The molecule has 15 heteroatoms. The molecule has 1 aliphatic heterocycles. The summed E-state index contributed by atoms with van der Waals surface area (Å²) in [4.78, 5) is 13.5. The number of piperidine rings is 1. The van der Waals surface area contributed by atoms with Crippen LogP contribution in [0.1, 0.15) is 55.5 Å². The van der Waals surface area contributed by atoms with Crippen LogP contribution in [0.3, 0.4) is 0 Å². The van der Waals surface area contributed by atoms with E-state index in [4.69, 9.17) is 0 Å². The predicted molar refractivity (Wildman–Crippen MR) is 135 cm³/mol. The highest BCUT2D eigenvalue weighted by Gasteiger charge is 2.45. The molecule has 0 spiro atoms. The standard InChI is InChI=1S/C26H27F6NO6S2/c1-24(2,41(37,38)20-5-3-4-17(14-20)25(27,28)29)16-10-12-33(13-11-16)23(34)21-9-8-19(40(35,36)18-6-7-18)15-22(21)39-26(30,31)32/h3-5,8-9,14-16,18H,6-7,10-13H2,1-2H3. The van der Waals surface area contributed by atoms with Gasteiger partial charge in [-0.05, 0) is 81.8 Å². The van der Waals surface area contributed by atoms with Crippen molar-refractivity contribution in [3.63, 3.8) is 0 Å². The highest BCUT2D eigenvalue weighted by molar-refractivity contribution is 7.93. The third-order valence-electron chi connectivity index (χ3n) is 7.63. The third-order valence-corrected chi connectivity index (χ3v) is 12.5. The number of carbonyl (C=O) groups excluding carboxylic acids is 1. The summed E-state index contributed by atoms with van der Waals surface area (Å²) in [5, 5.41) is -0.697. The number of ether oxygens (including phenoxy) is 1. The van der Waals surface area contributed by atoms with Crippen LogP contribution in [-0.2, 0) is 25.9 Å². The van der Waals surface area contributed by atoms with Gasteiger partial charge in [0.05, 0.1) is 30.9 Å². The zero-order chi connectivity index (χ0) is 30.6. The van der Waals surface area contributed by atoms with Crippen molar-refractivity contribution in [2.24, 2.45) is 5.92 Å². The maximum atomic E-state index is 13.4. The van der Waals surface area contributed by atoms with Crippen LogP contribution >= 0.6 is 0 Å². The molecule has 41 heavy (non-hydrogen) atoms. The smallest absolute Gasteiger partial charge is 0.405 e. The molecule has 1 saturated heterocycles. The number of hydrogen-bond donors (Lipinski definition) is 0. The quantitative estimate of drug-likeness (QED) is 0.369. The molecule has 226 valence electrons. The molecular weight excluding hydrogens is 600 g/mol. The lowest BCUT2D eigenvalue weighted by atomic mass is 9.85. The number of nitrogens with zero attached hydrogens (tertiary/aromatic N) is 1. The van der Waals surface area contributed by atoms with Crippen molar-refractivity contribution in [1.82, 2.24) is 4.90 Å². The van der Waals surface area contributed by atoms with E-state index >= 15 is 0 Å². The summed E-state index contributed by atoms with van der Waals surface area (Å²) in [5.74, 6) is -2.42. The summed E-state index contributed by atoms with van der Waals surface area (Å²) in [6, 6.07) is 6.14. The average Bonchev–Trinajstić information content (AvgIpc) is 3.73. The lowest BCUT2D eigenvalue weighted by Crippen LogP contribution is -2.47. The van der Waals surface area contributed by atoms with Gasteiger partial charge in [0.25, 0.3) is 5.91 Å². The van der Waals surface area contributed by atoms with Gasteiger partial charge in [-0.15, -0.1) is 13.2 Å². The Hall–Kier alpha value is -2.81. The van der Waals surface area contributed by atoms with Gasteiger partial charge in [-0.25, -0.2) is 16.8 Å². The van der Waals surface area contributed by atoms with E-state index < -0.39 is 80.7 Å². The average molecular weight is 628 g/mol. The van der Waals surface area contributed by atoms with Crippen molar-refractivity contribution >= 4 is 25.6 Å². The van der Waals surface area contributed by atoms with Crippen LogP contribution in [0.5, 0.6) is 5.75 Å². The molecule has 2 aromatic rings. The third kappa shape index (κ3) is 6.35. The zero-order valence-corrected chi connectivity index (χ0v) is 23.6. The number of hydrogen-bond acceptors (Lipinski definition) is 6. The molecule has 2 aromatic carbocycles. The number of rotatable bonds is 7. The molecule has 0 unspecified atom stereocenters. The van der Waals surface area contributed by atoms with E-state index in [-0.39, 0.29) is 25.9 Å². The second-order valence-corrected chi connectivity index (χ2v) is 15.4. The van der Waals surface area contributed by atoms with Crippen LogP contribution in [0.4, 0.5) is 26.3 Å². The van der Waals surface area contributed by atoms with E-state index in [0.29, 0.717) is 25.0 Å². The van der Waals surface area contributed by atoms with Gasteiger partial charge in [-0.2, -0.15) is 13.2 Å². The molecule has 1 heterocycles. The van der Waals surface area contributed by atoms with Gasteiger partial charge < -0.3 is 9.64 Å². The molecule has 4 rings (SSSR count). The normalized spacial score (nSPS) is 17.9. The summed E-state index contributed by atoms with van der Waals surface area (Å²) in [7, 11) is -8.14. The molecule has 0 N–H and O–H groups in total. The Balaban J connectivity index is 1.54. The van der Waals surface area contributed by atoms with Crippen LogP contribution < -0.4 is 4.74 Å². The topological polar surface area (TPSA) is 97.8 Å². The number of amides is 1. The van der Waals surface area contributed by atoms with E-state index in [1.54, 1.807) is 0 Å². The Morgan fingerprint density at radius 1 is 0.854 bits per heavy atom. The van der Waals surface area contributed by atoms with E-state index in [1.165, 1.54) is 18.7 Å². The number of benzene rings is 2. The molecule has 2 fully saturated rings. The molecule has 2 aliphatic rings. The summed E-state index contributed by atoms with van der Waals surface area (Å²) < 4.78 is 133. The van der Waals surface area contributed by atoms with Gasteiger partial charge in [0, 0.05) is 13.1 Å². The lowest BCUT2D eigenvalue weighted by Gasteiger charge is -2.40. The molecule has 1 aliphatic carbocycles. The van der Waals surface area contributed by atoms with E-state index in [2.05, 4.69) is 4.74 Å². The number of likely N-dealkylation sites (tertiary alicyclic amines) is 1. The molecule has 0 aromatic heterocycles. The van der Waals surface area contributed by atoms with Crippen molar-refractivity contribution < 1.29 is 52.7 Å². The van der Waals surface area contributed by atoms with Gasteiger partial charge >= 0.3 is 12.5 Å². The highest BCUT2D eigenvalue weighted by Crippen LogP contribution is 2.41. The Kier molecular flexibility index (Phi) is 7.95. The van der Waals surface area contributed by atoms with Crippen molar-refractivity contribution in [1.29, 1.82) is 0 Å². The molecular formula is C26H27F6NO6S2. The summed E-state index contributed by atoms with van der Waals surface area (Å²) in [6.07, 6.45) is -8.98. The zero-order valence-electron chi connectivity index (χ0n) is 21.9. The van der Waals surface area contributed by atoms with Gasteiger partial charge in [-0.3, -0.25) is 4.79 Å². The van der Waals surface area contributed by atoms with E-state index in [9.17, 15) is 48.0 Å². The maximum absolute atomic E-state index is 13.4. The van der Waals surface area contributed by atoms with Gasteiger partial charge in [-0.1, -0.05) is 6.07 Å². The van der Waals surface area contributed by atoms with Gasteiger partial charge in [0.2, 0.25) is 0 Å². The Morgan fingerprint density at radius 2 is 1.46 bits per heavy atom. The van der Waals surface area contributed by atoms with Crippen LogP contribution in [0, 0.1) is 5.92 Å².